The first-order chi connectivity index (χ1) is 11.7. The lowest BCUT2D eigenvalue weighted by Crippen LogP contribution is -2.58. The van der Waals surface area contributed by atoms with E-state index >= 15 is 0 Å². The summed E-state index contributed by atoms with van der Waals surface area (Å²) in [5.74, 6) is 1.31. The Labute approximate surface area is 141 Å². The van der Waals surface area contributed by atoms with Crippen LogP contribution in [0.3, 0.4) is 0 Å². The Balaban J connectivity index is 1.31. The van der Waals surface area contributed by atoms with Crippen molar-refractivity contribution < 1.29 is 4.79 Å². The minimum Gasteiger partial charge on any atom is -0.342 e. The summed E-state index contributed by atoms with van der Waals surface area (Å²) < 4.78 is 0. The molecule has 1 atom stereocenters. The highest BCUT2D eigenvalue weighted by atomic mass is 16.2. The van der Waals surface area contributed by atoms with Gasteiger partial charge in [-0.15, -0.1) is 0 Å². The molecule has 0 aromatic carbocycles. The van der Waals surface area contributed by atoms with Gasteiger partial charge in [0, 0.05) is 38.1 Å². The fourth-order valence-corrected chi connectivity index (χ4v) is 4.55. The maximum Gasteiger partial charge on any atom is 0.340 e. The van der Waals surface area contributed by atoms with Gasteiger partial charge in [0.25, 0.3) is 0 Å². The first kappa shape index (κ1) is 15.9. The summed E-state index contributed by atoms with van der Waals surface area (Å²) in [4.78, 5) is 31.3. The number of amides is 1. The van der Waals surface area contributed by atoms with E-state index in [4.69, 9.17) is 0 Å². The van der Waals surface area contributed by atoms with Crippen LogP contribution in [0.1, 0.15) is 56.7 Å². The fraction of sp³-hybridized carbons (Fsp3) is 0.824. The number of rotatable bonds is 3. The Morgan fingerprint density at radius 1 is 1.04 bits per heavy atom. The van der Waals surface area contributed by atoms with Crippen LogP contribution < -0.4 is 5.69 Å². The zero-order valence-electron chi connectivity index (χ0n) is 14.2. The van der Waals surface area contributed by atoms with Gasteiger partial charge in [-0.05, 0) is 25.7 Å². The number of hydrogen-bond acceptors (Lipinski definition) is 4. The van der Waals surface area contributed by atoms with Crippen LogP contribution in [0.4, 0.5) is 0 Å². The van der Waals surface area contributed by atoms with Gasteiger partial charge in [0.2, 0.25) is 5.91 Å². The van der Waals surface area contributed by atoms with Crippen LogP contribution in [0.2, 0.25) is 0 Å². The van der Waals surface area contributed by atoms with Gasteiger partial charge in [-0.1, -0.05) is 19.3 Å². The smallest absolute Gasteiger partial charge is 0.340 e. The van der Waals surface area contributed by atoms with E-state index in [1.807, 2.05) is 4.90 Å². The molecule has 1 aromatic heterocycles. The third-order valence-electron chi connectivity index (χ3n) is 5.99. The van der Waals surface area contributed by atoms with Crippen LogP contribution in [0, 0.1) is 5.92 Å². The van der Waals surface area contributed by atoms with Gasteiger partial charge >= 0.3 is 5.69 Å². The predicted octanol–water partition coefficient (Wildman–Crippen LogP) is 1.07. The number of aromatic nitrogens is 3. The van der Waals surface area contributed by atoms with E-state index in [0.29, 0.717) is 24.3 Å². The number of aromatic amines is 2. The van der Waals surface area contributed by atoms with Crippen molar-refractivity contribution in [3.63, 3.8) is 0 Å². The lowest BCUT2D eigenvalue weighted by molar-refractivity contribution is -0.143. The average molecular weight is 333 g/mol. The lowest BCUT2D eigenvalue weighted by Gasteiger charge is -2.47. The van der Waals surface area contributed by atoms with Crippen LogP contribution in [0.15, 0.2) is 4.79 Å². The van der Waals surface area contributed by atoms with Gasteiger partial charge in [-0.3, -0.25) is 14.7 Å². The molecule has 4 rings (SSSR count). The number of nitrogens with one attached hydrogen (secondary N) is 2. The van der Waals surface area contributed by atoms with Crippen molar-refractivity contribution in [3.8, 4) is 0 Å². The first-order valence-electron chi connectivity index (χ1n) is 9.38. The maximum atomic E-state index is 12.8. The van der Waals surface area contributed by atoms with E-state index in [-0.39, 0.29) is 17.5 Å². The zero-order chi connectivity index (χ0) is 16.5. The van der Waals surface area contributed by atoms with Crippen LogP contribution in [-0.4, -0.2) is 63.1 Å². The highest BCUT2D eigenvalue weighted by molar-refractivity contribution is 5.80. The molecule has 1 aromatic rings. The summed E-state index contributed by atoms with van der Waals surface area (Å²) in [6.45, 7) is 3.39. The molecule has 2 aliphatic heterocycles. The molecule has 0 unspecified atom stereocenters. The van der Waals surface area contributed by atoms with Crippen molar-refractivity contribution in [2.75, 3.05) is 26.2 Å². The van der Waals surface area contributed by atoms with E-state index in [1.165, 1.54) is 32.1 Å². The summed E-state index contributed by atoms with van der Waals surface area (Å²) in [7, 11) is 0. The Morgan fingerprint density at radius 2 is 1.83 bits per heavy atom. The summed E-state index contributed by atoms with van der Waals surface area (Å²) in [5, 5.41) is 6.47. The van der Waals surface area contributed by atoms with Crippen LogP contribution in [0.25, 0.3) is 0 Å². The highest BCUT2D eigenvalue weighted by Crippen LogP contribution is 2.31. The van der Waals surface area contributed by atoms with Crippen molar-refractivity contribution in [2.24, 2.45) is 5.92 Å². The van der Waals surface area contributed by atoms with Crippen LogP contribution >= 0.6 is 0 Å². The standard InChI is InChI=1S/C17H27N5O2/c23-16(13-10-22(11-13)14-6-2-1-3-7-14)21-8-4-5-12(9-21)15-18-17(24)20-19-15/h12-14H,1-11H2,(H2,18,19,20,24)/t12-/m0/s1. The fourth-order valence-electron chi connectivity index (χ4n) is 4.55. The molecule has 7 heteroatoms. The van der Waals surface area contributed by atoms with E-state index in [1.54, 1.807) is 0 Å². The predicted molar refractivity (Wildman–Crippen MR) is 89.7 cm³/mol. The van der Waals surface area contributed by atoms with Crippen molar-refractivity contribution >= 4 is 5.91 Å². The Bertz CT molecular complexity index is 627. The number of likely N-dealkylation sites (tertiary alicyclic amines) is 2. The van der Waals surface area contributed by atoms with E-state index in [2.05, 4.69) is 20.1 Å². The molecule has 7 nitrogen and oxygen atoms in total. The molecule has 3 heterocycles. The molecule has 2 N–H and O–H groups in total. The minimum absolute atomic E-state index is 0.149. The monoisotopic (exact) mass is 333 g/mol. The molecule has 3 aliphatic rings. The molecule has 1 amide bonds. The van der Waals surface area contributed by atoms with Crippen LogP contribution in [-0.2, 0) is 4.79 Å². The number of piperidine rings is 1. The third kappa shape index (κ3) is 3.14. The van der Waals surface area contributed by atoms with Crippen molar-refractivity contribution in [2.45, 2.75) is 56.9 Å². The number of nitrogens with zero attached hydrogens (tertiary/aromatic N) is 3. The highest BCUT2D eigenvalue weighted by Gasteiger charge is 2.40. The van der Waals surface area contributed by atoms with Gasteiger partial charge < -0.3 is 4.90 Å². The molecule has 0 radical (unpaired) electrons. The largest absolute Gasteiger partial charge is 0.342 e. The van der Waals surface area contributed by atoms with E-state index < -0.39 is 0 Å². The summed E-state index contributed by atoms with van der Waals surface area (Å²) in [6, 6.07) is 0.714. The number of hydrogen-bond donors (Lipinski definition) is 2. The summed E-state index contributed by atoms with van der Waals surface area (Å²) in [6.07, 6.45) is 8.62. The van der Waals surface area contributed by atoms with E-state index in [9.17, 15) is 9.59 Å². The van der Waals surface area contributed by atoms with Crippen molar-refractivity contribution in [3.05, 3.63) is 16.3 Å². The molecule has 2 saturated heterocycles. The van der Waals surface area contributed by atoms with Gasteiger partial charge in [0.15, 0.2) is 0 Å². The molecule has 132 valence electrons. The number of carbonyl (C=O) groups excluding carboxylic acids is 1. The van der Waals surface area contributed by atoms with Crippen molar-refractivity contribution in [1.82, 2.24) is 25.0 Å². The molecular formula is C17H27N5O2. The maximum absolute atomic E-state index is 12.8. The lowest BCUT2D eigenvalue weighted by atomic mass is 9.88. The molecule has 24 heavy (non-hydrogen) atoms. The Morgan fingerprint density at radius 3 is 2.54 bits per heavy atom. The van der Waals surface area contributed by atoms with Gasteiger partial charge in [-0.25, -0.2) is 9.89 Å². The Kier molecular flexibility index (Phi) is 4.43. The van der Waals surface area contributed by atoms with Crippen LogP contribution in [0.5, 0.6) is 0 Å². The molecule has 1 aliphatic carbocycles. The normalized spacial score (nSPS) is 27.2. The average Bonchev–Trinajstić information content (AvgIpc) is 3.01. The zero-order valence-corrected chi connectivity index (χ0v) is 14.2. The molecule has 1 saturated carbocycles. The first-order valence-corrected chi connectivity index (χ1v) is 9.38. The third-order valence-corrected chi connectivity index (χ3v) is 5.99. The summed E-state index contributed by atoms with van der Waals surface area (Å²) in [5.41, 5.74) is -0.268. The second-order valence-corrected chi connectivity index (χ2v) is 7.63. The Hall–Kier alpha value is -1.63. The van der Waals surface area contributed by atoms with Gasteiger partial charge in [0.05, 0.1) is 5.92 Å². The van der Waals surface area contributed by atoms with Gasteiger partial charge in [0.1, 0.15) is 5.82 Å². The van der Waals surface area contributed by atoms with Crippen molar-refractivity contribution in [1.29, 1.82) is 0 Å². The topological polar surface area (TPSA) is 85.1 Å². The van der Waals surface area contributed by atoms with E-state index in [0.717, 1.165) is 32.5 Å². The second-order valence-electron chi connectivity index (χ2n) is 7.63. The summed E-state index contributed by atoms with van der Waals surface area (Å²) >= 11 is 0. The molecular weight excluding hydrogens is 306 g/mol. The van der Waals surface area contributed by atoms with Gasteiger partial charge in [-0.2, -0.15) is 5.10 Å². The molecule has 0 bridgehead atoms. The molecule has 0 spiro atoms. The second kappa shape index (κ2) is 6.70. The SMILES string of the molecule is O=C(C1CN(C2CCCCC2)C1)N1CCC[C@H](c2n[nH]c(=O)[nH]2)C1. The molecule has 3 fully saturated rings. The minimum atomic E-state index is -0.268. The quantitative estimate of drug-likeness (QED) is 0.866. The number of H-pyrrole nitrogens is 2. The number of carbonyl (C=O) groups is 1.